The van der Waals surface area contributed by atoms with Crippen molar-refractivity contribution in [1.29, 1.82) is 0 Å². The number of benzene rings is 3. The second-order valence-electron chi connectivity index (χ2n) is 8.42. The fraction of sp³-hybridized carbons (Fsp3) is 0.214. The lowest BCUT2D eigenvalue weighted by molar-refractivity contribution is -0.139. The van der Waals surface area contributed by atoms with Crippen LogP contribution in [0.15, 0.2) is 90.5 Å². The first-order valence-corrected chi connectivity index (χ1v) is 10.9. The highest BCUT2D eigenvalue weighted by Gasteiger charge is 2.45. The zero-order chi connectivity index (χ0) is 22.7. The standard InChI is InChI=1S/C28H27NO3/c1-19(2)21-13-15-22(16-14-21)25-24(26(30)23-11-7-4-8-12-23)27(31)28(32)29(25)18-17-20-9-5-3-6-10-20/h3-16,19,25,30H,17-18H2,1-2H3/t25-/m0/s1. The van der Waals surface area contributed by atoms with Crippen LogP contribution in [-0.4, -0.2) is 28.2 Å². The molecule has 3 aromatic carbocycles. The number of likely N-dealkylation sites (tertiary alicyclic amines) is 1. The summed E-state index contributed by atoms with van der Waals surface area (Å²) in [6.07, 6.45) is 0.625. The van der Waals surface area contributed by atoms with Crippen molar-refractivity contribution in [3.63, 3.8) is 0 Å². The van der Waals surface area contributed by atoms with Gasteiger partial charge >= 0.3 is 0 Å². The van der Waals surface area contributed by atoms with Crippen molar-refractivity contribution >= 4 is 17.4 Å². The smallest absolute Gasteiger partial charge is 0.295 e. The Morgan fingerprint density at radius 2 is 1.47 bits per heavy atom. The van der Waals surface area contributed by atoms with Crippen LogP contribution < -0.4 is 0 Å². The van der Waals surface area contributed by atoms with Crippen LogP contribution in [0.5, 0.6) is 0 Å². The van der Waals surface area contributed by atoms with Crippen LogP contribution in [0.4, 0.5) is 0 Å². The Balaban J connectivity index is 1.77. The van der Waals surface area contributed by atoms with E-state index < -0.39 is 17.7 Å². The summed E-state index contributed by atoms with van der Waals surface area (Å²) in [7, 11) is 0. The second kappa shape index (κ2) is 9.23. The maximum absolute atomic E-state index is 13.1. The molecule has 4 heteroatoms. The van der Waals surface area contributed by atoms with Crippen molar-refractivity contribution in [3.05, 3.63) is 113 Å². The first kappa shape index (κ1) is 21.6. The molecule has 0 spiro atoms. The summed E-state index contributed by atoms with van der Waals surface area (Å²) in [6, 6.07) is 26.2. The minimum Gasteiger partial charge on any atom is -0.507 e. The van der Waals surface area contributed by atoms with Crippen molar-refractivity contribution in [2.45, 2.75) is 32.2 Å². The van der Waals surface area contributed by atoms with Gasteiger partial charge in [0.25, 0.3) is 11.7 Å². The summed E-state index contributed by atoms with van der Waals surface area (Å²) in [5, 5.41) is 11.1. The zero-order valence-electron chi connectivity index (χ0n) is 18.4. The lowest BCUT2D eigenvalue weighted by atomic mass is 9.93. The molecule has 0 unspecified atom stereocenters. The number of hydrogen-bond donors (Lipinski definition) is 1. The van der Waals surface area contributed by atoms with Crippen LogP contribution in [0.25, 0.3) is 5.76 Å². The number of amides is 1. The third-order valence-corrected chi connectivity index (χ3v) is 5.99. The average molecular weight is 426 g/mol. The molecule has 1 aliphatic rings. The number of carbonyl (C=O) groups is 2. The molecule has 162 valence electrons. The Bertz CT molecular complexity index is 1130. The van der Waals surface area contributed by atoms with E-state index in [0.29, 0.717) is 24.4 Å². The summed E-state index contributed by atoms with van der Waals surface area (Å²) in [5.74, 6) is -0.976. The Hall–Kier alpha value is -3.66. The van der Waals surface area contributed by atoms with Crippen LogP contribution in [0.3, 0.4) is 0 Å². The maximum Gasteiger partial charge on any atom is 0.295 e. The molecule has 4 rings (SSSR count). The average Bonchev–Trinajstić information content (AvgIpc) is 3.08. The van der Waals surface area contributed by atoms with Gasteiger partial charge in [0.05, 0.1) is 11.6 Å². The van der Waals surface area contributed by atoms with Gasteiger partial charge in [-0.25, -0.2) is 0 Å². The molecular formula is C28H27NO3. The minimum absolute atomic E-state index is 0.135. The number of aliphatic hydroxyl groups excluding tert-OH is 1. The maximum atomic E-state index is 13.1. The monoisotopic (exact) mass is 425 g/mol. The van der Waals surface area contributed by atoms with Crippen molar-refractivity contribution in [2.75, 3.05) is 6.54 Å². The van der Waals surface area contributed by atoms with Gasteiger partial charge in [-0.05, 0) is 29.0 Å². The summed E-state index contributed by atoms with van der Waals surface area (Å²) >= 11 is 0. The first-order chi connectivity index (χ1) is 15.5. The molecule has 1 amide bonds. The number of Topliss-reactive ketones (excluding diaryl/α,β-unsaturated/α-hetero) is 1. The Morgan fingerprint density at radius 1 is 0.875 bits per heavy atom. The lowest BCUT2D eigenvalue weighted by Gasteiger charge is -2.25. The SMILES string of the molecule is CC(C)c1ccc([C@H]2C(=C(O)c3ccccc3)C(=O)C(=O)N2CCc2ccccc2)cc1. The molecule has 0 aromatic heterocycles. The molecule has 0 radical (unpaired) electrons. The predicted molar refractivity (Wildman–Crippen MR) is 126 cm³/mol. The van der Waals surface area contributed by atoms with E-state index in [0.717, 1.165) is 11.1 Å². The van der Waals surface area contributed by atoms with E-state index in [1.807, 2.05) is 60.7 Å². The van der Waals surface area contributed by atoms with Gasteiger partial charge in [-0.15, -0.1) is 0 Å². The third-order valence-electron chi connectivity index (χ3n) is 5.99. The number of nitrogens with zero attached hydrogens (tertiary/aromatic N) is 1. The van der Waals surface area contributed by atoms with Crippen molar-refractivity contribution < 1.29 is 14.7 Å². The number of ketones is 1. The molecule has 3 aromatic rings. The molecule has 32 heavy (non-hydrogen) atoms. The zero-order valence-corrected chi connectivity index (χ0v) is 18.4. The van der Waals surface area contributed by atoms with E-state index in [4.69, 9.17) is 0 Å². The minimum atomic E-state index is -0.641. The van der Waals surface area contributed by atoms with E-state index >= 15 is 0 Å². The molecule has 1 heterocycles. The fourth-order valence-electron chi connectivity index (χ4n) is 4.17. The van der Waals surface area contributed by atoms with Gasteiger partial charge in [0.2, 0.25) is 0 Å². The van der Waals surface area contributed by atoms with Crippen LogP contribution >= 0.6 is 0 Å². The molecule has 1 aliphatic heterocycles. The van der Waals surface area contributed by atoms with Gasteiger partial charge in [-0.3, -0.25) is 9.59 Å². The highest BCUT2D eigenvalue weighted by Crippen LogP contribution is 2.39. The molecular weight excluding hydrogens is 398 g/mol. The quantitative estimate of drug-likeness (QED) is 0.323. The first-order valence-electron chi connectivity index (χ1n) is 10.9. The number of hydrogen-bond acceptors (Lipinski definition) is 3. The Morgan fingerprint density at radius 3 is 2.06 bits per heavy atom. The lowest BCUT2D eigenvalue weighted by Crippen LogP contribution is -2.31. The highest BCUT2D eigenvalue weighted by molar-refractivity contribution is 6.46. The largest absolute Gasteiger partial charge is 0.507 e. The van der Waals surface area contributed by atoms with E-state index in [1.165, 1.54) is 5.56 Å². The molecule has 0 saturated carbocycles. The molecule has 0 aliphatic carbocycles. The second-order valence-corrected chi connectivity index (χ2v) is 8.42. The third kappa shape index (κ3) is 4.22. The Labute approximate surface area is 188 Å². The van der Waals surface area contributed by atoms with E-state index in [2.05, 4.69) is 13.8 Å². The van der Waals surface area contributed by atoms with Crippen LogP contribution in [0.1, 0.15) is 48.1 Å². The molecule has 1 saturated heterocycles. The topological polar surface area (TPSA) is 57.6 Å². The number of carbonyl (C=O) groups excluding carboxylic acids is 2. The van der Waals surface area contributed by atoms with Crippen LogP contribution in [0.2, 0.25) is 0 Å². The van der Waals surface area contributed by atoms with Crippen molar-refractivity contribution in [2.24, 2.45) is 0 Å². The van der Waals surface area contributed by atoms with Gasteiger partial charge in [0.1, 0.15) is 5.76 Å². The normalized spacial score (nSPS) is 17.8. The summed E-state index contributed by atoms with van der Waals surface area (Å²) in [5.41, 5.74) is 3.76. The van der Waals surface area contributed by atoms with Gasteiger partial charge in [-0.2, -0.15) is 0 Å². The van der Waals surface area contributed by atoms with Gasteiger partial charge in [-0.1, -0.05) is 98.8 Å². The molecule has 1 fully saturated rings. The van der Waals surface area contributed by atoms with Crippen molar-refractivity contribution in [3.8, 4) is 0 Å². The predicted octanol–water partition coefficient (Wildman–Crippen LogP) is 5.47. The Kier molecular flexibility index (Phi) is 6.22. The van der Waals surface area contributed by atoms with Gasteiger partial charge in [0, 0.05) is 12.1 Å². The highest BCUT2D eigenvalue weighted by atomic mass is 16.3. The van der Waals surface area contributed by atoms with E-state index in [9.17, 15) is 14.7 Å². The fourth-order valence-corrected chi connectivity index (χ4v) is 4.17. The van der Waals surface area contributed by atoms with Crippen LogP contribution in [0, 0.1) is 0 Å². The summed E-state index contributed by atoms with van der Waals surface area (Å²) < 4.78 is 0. The molecule has 1 atom stereocenters. The van der Waals surface area contributed by atoms with Gasteiger partial charge in [0.15, 0.2) is 0 Å². The van der Waals surface area contributed by atoms with E-state index in [1.54, 1.807) is 29.2 Å². The van der Waals surface area contributed by atoms with Crippen molar-refractivity contribution in [1.82, 2.24) is 4.90 Å². The number of aliphatic hydroxyl groups is 1. The number of rotatable bonds is 6. The summed E-state index contributed by atoms with van der Waals surface area (Å²) in [4.78, 5) is 27.7. The summed E-state index contributed by atoms with van der Waals surface area (Å²) in [6.45, 7) is 4.63. The van der Waals surface area contributed by atoms with Crippen LogP contribution in [-0.2, 0) is 16.0 Å². The van der Waals surface area contributed by atoms with Gasteiger partial charge < -0.3 is 10.0 Å². The molecule has 0 bridgehead atoms. The van der Waals surface area contributed by atoms with E-state index in [-0.39, 0.29) is 11.3 Å². The molecule has 4 nitrogen and oxygen atoms in total. The molecule has 1 N–H and O–H groups in total.